The highest BCUT2D eigenvalue weighted by molar-refractivity contribution is 5.93. The Kier molecular flexibility index (Phi) is 20.9. The first-order valence-electron chi connectivity index (χ1n) is 20.6. The Bertz CT molecular complexity index is 1670. The summed E-state index contributed by atoms with van der Waals surface area (Å²) in [6.45, 7) is 22.9. The van der Waals surface area contributed by atoms with Crippen LogP contribution in [0.1, 0.15) is 127 Å². The molecular formula is C49H73N3O4. The second-order valence-electron chi connectivity index (χ2n) is 17.0. The molecule has 3 amide bonds. The molecule has 1 atom stereocenters. The molecule has 56 heavy (non-hydrogen) atoms. The smallest absolute Gasteiger partial charge is 0.244 e. The third-order valence-corrected chi connectivity index (χ3v) is 10.7. The fourth-order valence-electron chi connectivity index (χ4n) is 7.39. The number of unbranched alkanes of at least 4 members (excludes halogenated alkanes) is 1. The lowest BCUT2D eigenvalue weighted by molar-refractivity contribution is -0.127. The van der Waals surface area contributed by atoms with Crippen LogP contribution < -0.4 is 16.0 Å². The SMILES string of the molecule is COCCNC(=O)C(CCCCNC(=O)/C=C(C)/C=C/C=C(C)/C=C/C1=C(C)CCCC1(C)C)NC(=O)/C=C(C)/C=C/C=C(C)/C=C/C1=C(C)CCCC1(C)C. The van der Waals surface area contributed by atoms with Crippen LogP contribution in [0.25, 0.3) is 0 Å². The summed E-state index contributed by atoms with van der Waals surface area (Å²) in [6, 6.07) is -0.703. The maximum absolute atomic E-state index is 13.0. The minimum atomic E-state index is -0.703. The topological polar surface area (TPSA) is 96.5 Å². The maximum Gasteiger partial charge on any atom is 0.244 e. The molecule has 0 aromatic rings. The summed E-state index contributed by atoms with van der Waals surface area (Å²) in [5.74, 6) is -0.745. The number of carbonyl (C=O) groups excluding carboxylic acids is 3. The van der Waals surface area contributed by atoms with Crippen molar-refractivity contribution in [1.82, 2.24) is 16.0 Å². The van der Waals surface area contributed by atoms with E-state index in [4.69, 9.17) is 4.74 Å². The lowest BCUT2D eigenvalue weighted by atomic mass is 9.72. The fraction of sp³-hybridized carbons (Fsp3) is 0.531. The molecule has 0 saturated carbocycles. The fourth-order valence-corrected chi connectivity index (χ4v) is 7.39. The molecule has 2 rings (SSSR count). The summed E-state index contributed by atoms with van der Waals surface area (Å²) in [4.78, 5) is 38.5. The summed E-state index contributed by atoms with van der Waals surface area (Å²) < 4.78 is 5.07. The van der Waals surface area contributed by atoms with Crippen LogP contribution in [0.3, 0.4) is 0 Å². The molecule has 0 bridgehead atoms. The van der Waals surface area contributed by atoms with E-state index in [2.05, 4.69) is 102 Å². The monoisotopic (exact) mass is 768 g/mol. The van der Waals surface area contributed by atoms with E-state index in [0.717, 1.165) is 28.7 Å². The largest absolute Gasteiger partial charge is 0.383 e. The zero-order chi connectivity index (χ0) is 41.7. The second kappa shape index (κ2) is 24.4. The van der Waals surface area contributed by atoms with Crippen molar-refractivity contribution in [2.45, 2.75) is 133 Å². The summed E-state index contributed by atoms with van der Waals surface area (Å²) in [5, 5.41) is 8.65. The van der Waals surface area contributed by atoms with Gasteiger partial charge in [-0.1, -0.05) is 111 Å². The van der Waals surface area contributed by atoms with Crippen LogP contribution in [0.15, 0.2) is 117 Å². The van der Waals surface area contributed by atoms with Crippen molar-refractivity contribution in [3.63, 3.8) is 0 Å². The van der Waals surface area contributed by atoms with Crippen LogP contribution in [0.5, 0.6) is 0 Å². The number of allylic oxidation sites excluding steroid dienone is 18. The van der Waals surface area contributed by atoms with Crippen molar-refractivity contribution in [1.29, 1.82) is 0 Å². The van der Waals surface area contributed by atoms with Crippen molar-refractivity contribution in [3.8, 4) is 0 Å². The Morgan fingerprint density at radius 1 is 0.679 bits per heavy atom. The van der Waals surface area contributed by atoms with E-state index in [1.54, 1.807) is 13.2 Å². The first-order chi connectivity index (χ1) is 26.4. The molecule has 0 fully saturated rings. The predicted molar refractivity (Wildman–Crippen MR) is 236 cm³/mol. The van der Waals surface area contributed by atoms with E-state index in [1.807, 2.05) is 44.2 Å². The normalized spacial score (nSPS) is 19.1. The van der Waals surface area contributed by atoms with Crippen molar-refractivity contribution in [3.05, 3.63) is 117 Å². The third kappa shape index (κ3) is 18.1. The zero-order valence-electron chi connectivity index (χ0n) is 36.6. The van der Waals surface area contributed by atoms with Crippen molar-refractivity contribution < 1.29 is 19.1 Å². The van der Waals surface area contributed by atoms with Gasteiger partial charge in [0.1, 0.15) is 6.04 Å². The molecule has 0 aromatic carbocycles. The summed E-state index contributed by atoms with van der Waals surface area (Å²) >= 11 is 0. The van der Waals surface area contributed by atoms with Gasteiger partial charge in [-0.05, 0) is 132 Å². The van der Waals surface area contributed by atoms with Gasteiger partial charge in [-0.15, -0.1) is 0 Å². The molecular weight excluding hydrogens is 695 g/mol. The minimum absolute atomic E-state index is 0.160. The molecule has 0 spiro atoms. The van der Waals surface area contributed by atoms with Gasteiger partial charge in [-0.3, -0.25) is 14.4 Å². The highest BCUT2D eigenvalue weighted by atomic mass is 16.5. The molecule has 2 aliphatic carbocycles. The molecule has 2 aliphatic rings. The number of hydrogen-bond acceptors (Lipinski definition) is 4. The highest BCUT2D eigenvalue weighted by Gasteiger charge is 2.27. The average molecular weight is 768 g/mol. The Morgan fingerprint density at radius 2 is 1.18 bits per heavy atom. The Morgan fingerprint density at radius 3 is 1.66 bits per heavy atom. The lowest BCUT2D eigenvalue weighted by Gasteiger charge is -2.33. The first kappa shape index (κ1) is 47.9. The van der Waals surface area contributed by atoms with Gasteiger partial charge in [0.15, 0.2) is 0 Å². The molecule has 0 aromatic heterocycles. The molecule has 0 radical (unpaired) electrons. The quantitative estimate of drug-likeness (QED) is 0.0653. The van der Waals surface area contributed by atoms with E-state index >= 15 is 0 Å². The Balaban J connectivity index is 1.88. The van der Waals surface area contributed by atoms with Crippen molar-refractivity contribution in [2.24, 2.45) is 10.8 Å². The lowest BCUT2D eigenvalue weighted by Crippen LogP contribution is -2.47. The number of rotatable bonds is 20. The molecule has 7 heteroatoms. The van der Waals surface area contributed by atoms with Gasteiger partial charge in [0.2, 0.25) is 17.7 Å². The number of amides is 3. The standard InChI is InChI=1S/C49H73N3O4/c1-36(25-27-42-40(5)22-16-29-48(42,7)8)18-14-20-38(3)34-45(53)50-31-13-12-24-44(47(55)51-32-33-56-11)52-46(54)35-39(4)21-15-19-37(2)26-28-43-41(6)23-17-30-49(43,9)10/h14-15,18-21,25-28,34-35,44H,12-13,16-17,22-24,29-33H2,1-11H3,(H,50,53)(H,51,55)(H,52,54)/b20-14+,21-15+,27-25+,28-26+,36-18+,37-19+,38-34+,39-35+. The Labute approximate surface area is 340 Å². The zero-order valence-corrected chi connectivity index (χ0v) is 36.6. The van der Waals surface area contributed by atoms with Gasteiger partial charge in [0.25, 0.3) is 0 Å². The van der Waals surface area contributed by atoms with E-state index in [9.17, 15) is 14.4 Å². The average Bonchev–Trinajstić information content (AvgIpc) is 3.10. The predicted octanol–water partition coefficient (Wildman–Crippen LogP) is 10.6. The van der Waals surface area contributed by atoms with E-state index < -0.39 is 6.04 Å². The van der Waals surface area contributed by atoms with Crippen LogP contribution in [0.4, 0.5) is 0 Å². The van der Waals surface area contributed by atoms with Gasteiger partial charge in [-0.25, -0.2) is 0 Å². The molecule has 0 heterocycles. The van der Waals surface area contributed by atoms with Gasteiger partial charge in [0, 0.05) is 32.4 Å². The number of methoxy groups -OCH3 is 1. The molecule has 1 unspecified atom stereocenters. The van der Waals surface area contributed by atoms with Crippen LogP contribution in [-0.4, -0.2) is 50.6 Å². The second-order valence-corrected chi connectivity index (χ2v) is 17.0. The summed E-state index contributed by atoms with van der Waals surface area (Å²) in [6.07, 6.45) is 32.8. The van der Waals surface area contributed by atoms with Gasteiger partial charge in [-0.2, -0.15) is 0 Å². The van der Waals surface area contributed by atoms with Crippen LogP contribution in [0.2, 0.25) is 0 Å². The molecule has 0 saturated heterocycles. The number of nitrogens with one attached hydrogen (secondary N) is 3. The minimum Gasteiger partial charge on any atom is -0.383 e. The van der Waals surface area contributed by atoms with Gasteiger partial charge >= 0.3 is 0 Å². The van der Waals surface area contributed by atoms with E-state index in [-0.39, 0.29) is 28.6 Å². The molecule has 3 N–H and O–H groups in total. The number of ether oxygens (including phenoxy) is 1. The highest BCUT2D eigenvalue weighted by Crippen LogP contribution is 2.41. The first-order valence-corrected chi connectivity index (χ1v) is 20.6. The number of hydrogen-bond donors (Lipinski definition) is 3. The molecule has 308 valence electrons. The van der Waals surface area contributed by atoms with Crippen LogP contribution in [0, 0.1) is 10.8 Å². The van der Waals surface area contributed by atoms with Crippen molar-refractivity contribution in [2.75, 3.05) is 26.8 Å². The van der Waals surface area contributed by atoms with Gasteiger partial charge in [0.05, 0.1) is 6.61 Å². The van der Waals surface area contributed by atoms with E-state index in [0.29, 0.717) is 39.0 Å². The summed E-state index contributed by atoms with van der Waals surface area (Å²) in [7, 11) is 1.57. The molecule has 0 aliphatic heterocycles. The van der Waals surface area contributed by atoms with E-state index in [1.165, 1.54) is 60.5 Å². The summed E-state index contributed by atoms with van der Waals surface area (Å²) in [5.41, 5.74) is 10.1. The Hall–Kier alpha value is -4.23. The van der Waals surface area contributed by atoms with Gasteiger partial charge < -0.3 is 20.7 Å². The van der Waals surface area contributed by atoms with Crippen molar-refractivity contribution >= 4 is 17.7 Å². The molecule has 7 nitrogen and oxygen atoms in total. The maximum atomic E-state index is 13.0. The van der Waals surface area contributed by atoms with Crippen LogP contribution >= 0.6 is 0 Å². The number of carbonyl (C=O) groups is 3. The third-order valence-electron chi connectivity index (χ3n) is 10.7. The van der Waals surface area contributed by atoms with Crippen LogP contribution in [-0.2, 0) is 19.1 Å².